The lowest BCUT2D eigenvalue weighted by Crippen LogP contribution is -2.55. The van der Waals surface area contributed by atoms with Crippen LogP contribution in [0, 0.1) is 0 Å². The van der Waals surface area contributed by atoms with Crippen LogP contribution in [0.25, 0.3) is 0 Å². The maximum atomic E-state index is 12.6. The highest BCUT2D eigenvalue weighted by molar-refractivity contribution is 7.51. The van der Waals surface area contributed by atoms with Crippen molar-refractivity contribution in [2.45, 2.75) is 70.5 Å². The van der Waals surface area contributed by atoms with Crippen LogP contribution >= 0.6 is 7.60 Å². The molecule has 1 fully saturated rings. The Labute approximate surface area is 163 Å². The second kappa shape index (κ2) is 11.1. The molecule has 0 aromatic rings. The van der Waals surface area contributed by atoms with E-state index in [1.807, 2.05) is 12.4 Å². The molecule has 0 saturated carbocycles. The number of carbonyl (C=O) groups excluding carboxylic acids is 4. The molecule has 0 radical (unpaired) electrons. The molecule has 0 spiro atoms. The highest BCUT2D eigenvalue weighted by Gasteiger charge is 2.31. The van der Waals surface area contributed by atoms with Gasteiger partial charge < -0.3 is 20.8 Å². The van der Waals surface area contributed by atoms with Gasteiger partial charge in [0.2, 0.25) is 17.7 Å². The summed E-state index contributed by atoms with van der Waals surface area (Å²) in [5, 5.41) is 7.69. The molecule has 0 aromatic heterocycles. The molecule has 11 nitrogen and oxygen atoms in total. The topological polar surface area (TPSA) is 163 Å². The minimum Gasteiger partial charge on any atom is -0.344 e. The van der Waals surface area contributed by atoms with Crippen molar-refractivity contribution >= 4 is 31.2 Å². The van der Waals surface area contributed by atoms with E-state index in [0.29, 0.717) is 25.7 Å². The number of carbonyl (C=O) groups is 4. The average molecular weight is 420 g/mol. The maximum Gasteiger partial charge on any atom is 0.346 e. The lowest BCUT2D eigenvalue weighted by Gasteiger charge is -2.23. The van der Waals surface area contributed by atoms with E-state index in [1.165, 1.54) is 0 Å². The van der Waals surface area contributed by atoms with Gasteiger partial charge >= 0.3 is 7.60 Å². The van der Waals surface area contributed by atoms with Gasteiger partial charge in [-0.25, -0.2) is 5.48 Å². The summed E-state index contributed by atoms with van der Waals surface area (Å²) < 4.78 is 15.5. The lowest BCUT2D eigenvalue weighted by molar-refractivity contribution is -0.135. The Morgan fingerprint density at radius 3 is 2.21 bits per heavy atom. The van der Waals surface area contributed by atoms with E-state index in [1.54, 1.807) is 6.92 Å². The number of hydrogen-bond acceptors (Lipinski definition) is 6. The molecule has 0 aromatic carbocycles. The number of nitrogens with one attached hydrogen (secondary N) is 4. The summed E-state index contributed by atoms with van der Waals surface area (Å²) in [6.07, 6.45) is 2.39. The first-order valence-electron chi connectivity index (χ1n) is 9.26. The third-order valence-corrected chi connectivity index (χ3v) is 4.48. The maximum absolute atomic E-state index is 12.6. The third kappa shape index (κ3) is 8.37. The van der Waals surface area contributed by atoms with Crippen LogP contribution in [0.5, 0.6) is 0 Å². The zero-order valence-corrected chi connectivity index (χ0v) is 17.2. The van der Waals surface area contributed by atoms with Gasteiger partial charge in [-0.1, -0.05) is 26.7 Å². The zero-order valence-electron chi connectivity index (χ0n) is 16.3. The van der Waals surface area contributed by atoms with Crippen LogP contribution in [0.4, 0.5) is 0 Å². The SMILES string of the molecule is CCC[C@H](NC(=O)[C@H](CCC)NC(=O)[C@@H]1CCC(=O)N1)C(=O)NOP(C)(=O)O. The second-order valence-electron chi connectivity index (χ2n) is 6.72. The molecule has 4 atom stereocenters. The van der Waals surface area contributed by atoms with E-state index in [-0.39, 0.29) is 18.7 Å². The van der Waals surface area contributed by atoms with Crippen LogP contribution in [-0.4, -0.2) is 53.3 Å². The standard InChI is InChI=1S/C16H29N4O7P/c1-4-6-10(18-15(23)12-8-9-13(21)17-12)14(22)19-11(7-5-2)16(24)20-27-28(3,25)26/h10-12H,4-9H2,1-3H3,(H,17,21)(H,18,23)(H,19,22)(H,20,24)(H,25,26)/t10-,11-,12-/m0/s1. The van der Waals surface area contributed by atoms with E-state index in [9.17, 15) is 23.7 Å². The van der Waals surface area contributed by atoms with Gasteiger partial charge in [-0.15, -0.1) is 0 Å². The molecule has 1 saturated heterocycles. The number of rotatable bonds is 11. The van der Waals surface area contributed by atoms with Gasteiger partial charge in [0.1, 0.15) is 18.1 Å². The summed E-state index contributed by atoms with van der Waals surface area (Å²) in [6, 6.07) is -2.55. The molecule has 160 valence electrons. The normalized spacial score (nSPS) is 20.4. The van der Waals surface area contributed by atoms with Gasteiger partial charge in [-0.3, -0.25) is 23.7 Å². The third-order valence-electron chi connectivity index (χ3n) is 4.05. The van der Waals surface area contributed by atoms with Crippen molar-refractivity contribution in [1.29, 1.82) is 0 Å². The Hall–Kier alpha value is -1.97. The van der Waals surface area contributed by atoms with E-state index >= 15 is 0 Å². The smallest absolute Gasteiger partial charge is 0.344 e. The molecule has 4 amide bonds. The first kappa shape index (κ1) is 24.1. The Kier molecular flexibility index (Phi) is 9.57. The predicted octanol–water partition coefficient (Wildman–Crippen LogP) is -0.302. The Balaban J connectivity index is 2.71. The van der Waals surface area contributed by atoms with E-state index in [4.69, 9.17) is 4.89 Å². The van der Waals surface area contributed by atoms with Crippen molar-refractivity contribution < 1.29 is 33.3 Å². The van der Waals surface area contributed by atoms with Crippen molar-refractivity contribution in [3.63, 3.8) is 0 Å². The van der Waals surface area contributed by atoms with E-state index in [0.717, 1.165) is 6.66 Å². The summed E-state index contributed by atoms with van der Waals surface area (Å²) in [5.41, 5.74) is 1.87. The monoisotopic (exact) mass is 420 g/mol. The molecule has 1 aliphatic rings. The molecule has 0 bridgehead atoms. The van der Waals surface area contributed by atoms with Crippen LogP contribution < -0.4 is 21.4 Å². The van der Waals surface area contributed by atoms with Gasteiger partial charge in [-0.05, 0) is 19.3 Å². The Morgan fingerprint density at radius 2 is 1.75 bits per heavy atom. The molecule has 12 heteroatoms. The molecule has 5 N–H and O–H groups in total. The van der Waals surface area contributed by atoms with Crippen molar-refractivity contribution in [1.82, 2.24) is 21.4 Å². The van der Waals surface area contributed by atoms with Crippen LogP contribution in [0.3, 0.4) is 0 Å². The second-order valence-corrected chi connectivity index (χ2v) is 8.51. The van der Waals surface area contributed by atoms with Crippen molar-refractivity contribution in [2.75, 3.05) is 6.66 Å². The van der Waals surface area contributed by atoms with Gasteiger partial charge in [0.25, 0.3) is 5.91 Å². The fourth-order valence-corrected chi connectivity index (χ4v) is 2.93. The first-order chi connectivity index (χ1) is 13.1. The number of hydrogen-bond donors (Lipinski definition) is 5. The highest BCUT2D eigenvalue weighted by atomic mass is 31.2. The largest absolute Gasteiger partial charge is 0.346 e. The van der Waals surface area contributed by atoms with Gasteiger partial charge in [0.15, 0.2) is 0 Å². The minimum absolute atomic E-state index is 0.214. The molecular weight excluding hydrogens is 391 g/mol. The Morgan fingerprint density at radius 1 is 1.18 bits per heavy atom. The minimum atomic E-state index is -3.91. The molecule has 28 heavy (non-hydrogen) atoms. The van der Waals surface area contributed by atoms with Gasteiger partial charge in [0, 0.05) is 13.1 Å². The molecular formula is C16H29N4O7P. The van der Waals surface area contributed by atoms with Crippen LogP contribution in [-0.2, 0) is 28.4 Å². The fraction of sp³-hybridized carbons (Fsp3) is 0.750. The van der Waals surface area contributed by atoms with E-state index < -0.39 is 43.4 Å². The number of amides is 4. The van der Waals surface area contributed by atoms with Gasteiger partial charge in [0.05, 0.1) is 0 Å². The predicted molar refractivity (Wildman–Crippen MR) is 99.8 cm³/mol. The zero-order chi connectivity index (χ0) is 21.3. The molecule has 1 unspecified atom stereocenters. The van der Waals surface area contributed by atoms with Crippen LogP contribution in [0.15, 0.2) is 0 Å². The molecule has 1 rings (SSSR count). The van der Waals surface area contributed by atoms with Crippen molar-refractivity contribution in [3.05, 3.63) is 0 Å². The summed E-state index contributed by atoms with van der Waals surface area (Å²) in [6.45, 7) is 4.56. The van der Waals surface area contributed by atoms with Gasteiger partial charge in [-0.2, -0.15) is 4.62 Å². The average Bonchev–Trinajstić information content (AvgIpc) is 3.04. The Bertz CT molecular complexity index is 636. The van der Waals surface area contributed by atoms with E-state index in [2.05, 4.69) is 20.6 Å². The lowest BCUT2D eigenvalue weighted by atomic mass is 10.1. The fourth-order valence-electron chi connectivity index (χ4n) is 2.67. The van der Waals surface area contributed by atoms with Crippen LogP contribution in [0.2, 0.25) is 0 Å². The first-order valence-corrected chi connectivity index (χ1v) is 11.3. The summed E-state index contributed by atoms with van der Waals surface area (Å²) >= 11 is 0. The quantitative estimate of drug-likeness (QED) is 0.226. The highest BCUT2D eigenvalue weighted by Crippen LogP contribution is 2.34. The summed E-state index contributed by atoms with van der Waals surface area (Å²) in [5.74, 6) is -1.99. The molecule has 0 aliphatic carbocycles. The number of hydroxylamine groups is 1. The van der Waals surface area contributed by atoms with Crippen molar-refractivity contribution in [2.24, 2.45) is 0 Å². The molecule has 1 aliphatic heterocycles. The molecule has 1 heterocycles. The van der Waals surface area contributed by atoms with Crippen LogP contribution in [0.1, 0.15) is 52.4 Å². The summed E-state index contributed by atoms with van der Waals surface area (Å²) in [4.78, 5) is 57.4. The summed E-state index contributed by atoms with van der Waals surface area (Å²) in [7, 11) is -3.91. The van der Waals surface area contributed by atoms with Crippen molar-refractivity contribution in [3.8, 4) is 0 Å².